The first-order valence-corrected chi connectivity index (χ1v) is 10.7. The lowest BCUT2D eigenvalue weighted by atomic mass is 9.93. The van der Waals surface area contributed by atoms with Crippen LogP contribution >= 0.6 is 0 Å². The van der Waals surface area contributed by atoms with Crippen molar-refractivity contribution in [3.63, 3.8) is 0 Å². The molecular formula is C26H37NO2. The van der Waals surface area contributed by atoms with Gasteiger partial charge in [-0.25, -0.2) is 0 Å². The van der Waals surface area contributed by atoms with Crippen LogP contribution in [0.1, 0.15) is 64.2 Å². The van der Waals surface area contributed by atoms with Crippen molar-refractivity contribution in [2.45, 2.75) is 52.9 Å². The molecule has 0 bridgehead atoms. The van der Waals surface area contributed by atoms with Gasteiger partial charge in [-0.05, 0) is 87.7 Å². The zero-order valence-electron chi connectivity index (χ0n) is 18.4. The first kappa shape index (κ1) is 21.4. The van der Waals surface area contributed by atoms with Crippen LogP contribution < -0.4 is 0 Å². The number of H-pyrrole nitrogens is 1. The SMILES string of the molecule is C=C/C(=C\c1c(/C=C2\CCCC(COC)CC2)c[nH]c1C)C1=C(C)OCC=C1C.[HH]. The van der Waals surface area contributed by atoms with E-state index in [1.807, 2.05) is 20.1 Å². The van der Waals surface area contributed by atoms with Gasteiger partial charge in [-0.15, -0.1) is 0 Å². The average molecular weight is 396 g/mol. The van der Waals surface area contributed by atoms with Crippen molar-refractivity contribution >= 4 is 12.2 Å². The molecule has 0 amide bonds. The molecule has 1 fully saturated rings. The molecule has 1 N–H and O–H groups in total. The molecule has 0 radical (unpaired) electrons. The number of ether oxygens (including phenoxy) is 2. The Kier molecular flexibility index (Phi) is 7.38. The summed E-state index contributed by atoms with van der Waals surface area (Å²) in [5, 5.41) is 0. The van der Waals surface area contributed by atoms with Crippen LogP contribution in [0.2, 0.25) is 0 Å². The molecule has 0 spiro atoms. The van der Waals surface area contributed by atoms with Gasteiger partial charge in [-0.3, -0.25) is 0 Å². The predicted octanol–water partition coefficient (Wildman–Crippen LogP) is 7.00. The summed E-state index contributed by atoms with van der Waals surface area (Å²) in [5.74, 6) is 1.67. The van der Waals surface area contributed by atoms with Crippen molar-refractivity contribution in [2.75, 3.05) is 20.3 Å². The summed E-state index contributed by atoms with van der Waals surface area (Å²) >= 11 is 0. The molecule has 0 aromatic carbocycles. The van der Waals surface area contributed by atoms with Gasteiger partial charge in [0.2, 0.25) is 0 Å². The Morgan fingerprint density at radius 2 is 2.14 bits per heavy atom. The van der Waals surface area contributed by atoms with E-state index in [-0.39, 0.29) is 1.43 Å². The van der Waals surface area contributed by atoms with Crippen LogP contribution in [0.4, 0.5) is 0 Å². The van der Waals surface area contributed by atoms with E-state index in [0.29, 0.717) is 12.5 Å². The summed E-state index contributed by atoms with van der Waals surface area (Å²) in [6, 6.07) is 0. The Balaban J connectivity index is 0.00000320. The van der Waals surface area contributed by atoms with Gasteiger partial charge in [-0.1, -0.05) is 24.3 Å². The van der Waals surface area contributed by atoms with Crippen LogP contribution in [0.3, 0.4) is 0 Å². The number of hydrogen-bond acceptors (Lipinski definition) is 2. The van der Waals surface area contributed by atoms with Gasteiger partial charge in [0.15, 0.2) is 0 Å². The third-order valence-electron chi connectivity index (χ3n) is 6.15. The highest BCUT2D eigenvalue weighted by Crippen LogP contribution is 2.33. The molecule has 3 heteroatoms. The van der Waals surface area contributed by atoms with Crippen LogP contribution in [0, 0.1) is 12.8 Å². The van der Waals surface area contributed by atoms with Gasteiger partial charge in [0, 0.05) is 38.2 Å². The molecule has 1 aliphatic carbocycles. The molecular weight excluding hydrogens is 358 g/mol. The molecule has 1 saturated carbocycles. The molecule has 2 aliphatic rings. The highest BCUT2D eigenvalue weighted by atomic mass is 16.5. The minimum atomic E-state index is 0. The van der Waals surface area contributed by atoms with E-state index in [1.54, 1.807) is 5.57 Å². The number of allylic oxidation sites excluding steroid dienone is 6. The van der Waals surface area contributed by atoms with Crippen LogP contribution in [0.25, 0.3) is 12.2 Å². The maximum Gasteiger partial charge on any atom is 0.106 e. The molecule has 158 valence electrons. The fourth-order valence-electron chi connectivity index (χ4n) is 4.48. The summed E-state index contributed by atoms with van der Waals surface area (Å²) < 4.78 is 11.2. The normalized spacial score (nSPS) is 22.3. The summed E-state index contributed by atoms with van der Waals surface area (Å²) in [6.45, 7) is 11.9. The summed E-state index contributed by atoms with van der Waals surface area (Å²) in [4.78, 5) is 3.42. The van der Waals surface area contributed by atoms with Crippen molar-refractivity contribution in [3.8, 4) is 0 Å². The Hall–Kier alpha value is -2.26. The first-order valence-electron chi connectivity index (χ1n) is 10.7. The highest BCUT2D eigenvalue weighted by Gasteiger charge is 2.17. The summed E-state index contributed by atoms with van der Waals surface area (Å²) in [5.41, 5.74) is 8.74. The highest BCUT2D eigenvalue weighted by molar-refractivity contribution is 5.74. The van der Waals surface area contributed by atoms with Gasteiger partial charge in [0.1, 0.15) is 12.4 Å². The molecule has 1 unspecified atom stereocenters. The van der Waals surface area contributed by atoms with E-state index in [0.717, 1.165) is 29.9 Å². The average Bonchev–Trinajstić information content (AvgIpc) is 2.89. The Bertz CT molecular complexity index is 870. The van der Waals surface area contributed by atoms with Crippen molar-refractivity contribution in [1.82, 2.24) is 4.98 Å². The number of nitrogens with one attached hydrogen (secondary N) is 1. The maximum absolute atomic E-state index is 5.77. The zero-order valence-corrected chi connectivity index (χ0v) is 18.4. The predicted molar refractivity (Wildman–Crippen MR) is 125 cm³/mol. The van der Waals surface area contributed by atoms with Gasteiger partial charge in [0.25, 0.3) is 0 Å². The van der Waals surface area contributed by atoms with Crippen molar-refractivity contribution in [3.05, 3.63) is 69.8 Å². The second-order valence-corrected chi connectivity index (χ2v) is 8.27. The van der Waals surface area contributed by atoms with E-state index in [4.69, 9.17) is 9.47 Å². The van der Waals surface area contributed by atoms with E-state index >= 15 is 0 Å². The number of aryl methyl sites for hydroxylation is 1. The van der Waals surface area contributed by atoms with Gasteiger partial charge < -0.3 is 14.5 Å². The van der Waals surface area contributed by atoms with E-state index < -0.39 is 0 Å². The van der Waals surface area contributed by atoms with Crippen LogP contribution in [0.5, 0.6) is 0 Å². The summed E-state index contributed by atoms with van der Waals surface area (Å²) in [6.07, 6.45) is 16.9. The number of methoxy groups -OCH3 is 1. The Labute approximate surface area is 177 Å². The second-order valence-electron chi connectivity index (χ2n) is 8.27. The van der Waals surface area contributed by atoms with E-state index in [2.05, 4.69) is 49.8 Å². The monoisotopic (exact) mass is 395 g/mol. The quantitative estimate of drug-likeness (QED) is 0.416. The van der Waals surface area contributed by atoms with Crippen LogP contribution in [-0.2, 0) is 9.47 Å². The topological polar surface area (TPSA) is 34.2 Å². The lowest BCUT2D eigenvalue weighted by molar-refractivity contribution is 0.145. The van der Waals surface area contributed by atoms with E-state index in [9.17, 15) is 0 Å². The van der Waals surface area contributed by atoms with Gasteiger partial charge in [0.05, 0.1) is 0 Å². The molecule has 1 aromatic rings. The molecule has 3 rings (SSSR count). The van der Waals surface area contributed by atoms with Gasteiger partial charge in [-0.2, -0.15) is 0 Å². The van der Waals surface area contributed by atoms with Crippen LogP contribution in [0.15, 0.2) is 53.0 Å². The first-order chi connectivity index (χ1) is 14.0. The smallest absolute Gasteiger partial charge is 0.106 e. The standard InChI is InChI=1S/C26H35NO2.H2/c1-6-23(26-18(2)12-13-29-20(26)4)15-25-19(3)27-16-24(25)14-21-8-7-9-22(11-10-21)17-28-5;/h6,12,14-16,22,27H,1,7-11,13,17H2,2-5H3;1H/b21-14+,23-15+;. The zero-order chi connectivity index (χ0) is 20.8. The summed E-state index contributed by atoms with van der Waals surface area (Å²) in [7, 11) is 1.81. The number of aromatic amines is 1. The number of hydrogen-bond donors (Lipinski definition) is 1. The second kappa shape index (κ2) is 9.98. The molecule has 3 nitrogen and oxygen atoms in total. The van der Waals surface area contributed by atoms with Crippen LogP contribution in [-0.4, -0.2) is 25.3 Å². The molecule has 29 heavy (non-hydrogen) atoms. The Morgan fingerprint density at radius 3 is 2.86 bits per heavy atom. The van der Waals surface area contributed by atoms with E-state index in [1.165, 1.54) is 48.1 Å². The van der Waals surface area contributed by atoms with Gasteiger partial charge >= 0.3 is 0 Å². The van der Waals surface area contributed by atoms with Crippen molar-refractivity contribution in [2.24, 2.45) is 5.92 Å². The third kappa shape index (κ3) is 5.22. The molecule has 1 atom stereocenters. The fourth-order valence-corrected chi connectivity index (χ4v) is 4.48. The largest absolute Gasteiger partial charge is 0.494 e. The third-order valence-corrected chi connectivity index (χ3v) is 6.15. The Morgan fingerprint density at radius 1 is 1.31 bits per heavy atom. The molecule has 0 saturated heterocycles. The van der Waals surface area contributed by atoms with Crippen molar-refractivity contribution < 1.29 is 10.9 Å². The fraction of sp³-hybridized carbons (Fsp3) is 0.462. The number of aromatic nitrogens is 1. The number of rotatable bonds is 6. The molecule has 1 aliphatic heterocycles. The molecule has 1 aromatic heterocycles. The lowest BCUT2D eigenvalue weighted by Gasteiger charge is -2.19. The van der Waals surface area contributed by atoms with Crippen molar-refractivity contribution in [1.29, 1.82) is 0 Å². The lowest BCUT2D eigenvalue weighted by Crippen LogP contribution is -2.06. The maximum atomic E-state index is 5.77. The minimum Gasteiger partial charge on any atom is -0.494 e. The molecule has 2 heterocycles. The minimum absolute atomic E-state index is 0.